The molecular weight excluding hydrogens is 847 g/mol. The van der Waals surface area contributed by atoms with Crippen LogP contribution in [0.15, 0.2) is 24.3 Å². The second-order valence-corrected chi connectivity index (χ2v) is 19.0. The highest BCUT2D eigenvalue weighted by Crippen LogP contribution is 2.30. The van der Waals surface area contributed by atoms with Crippen LogP contribution in [0.4, 0.5) is 0 Å². The molecule has 12 atom stereocenters. The van der Waals surface area contributed by atoms with Gasteiger partial charge >= 0.3 is 0 Å². The molecule has 66 heavy (non-hydrogen) atoms. The van der Waals surface area contributed by atoms with E-state index in [1.807, 2.05) is 0 Å². The molecule has 2 aliphatic heterocycles. The molecule has 2 saturated heterocycles. The van der Waals surface area contributed by atoms with Gasteiger partial charge in [-0.1, -0.05) is 179 Å². The van der Waals surface area contributed by atoms with Gasteiger partial charge in [-0.3, -0.25) is 4.79 Å². The second-order valence-electron chi connectivity index (χ2n) is 19.0. The molecule has 2 rings (SSSR count). The Hall–Kier alpha value is -1.53. The summed E-state index contributed by atoms with van der Waals surface area (Å²) in [5.74, 6) is -0.212. The minimum absolute atomic E-state index is 0.212. The molecule has 0 spiro atoms. The van der Waals surface area contributed by atoms with Gasteiger partial charge in [0.25, 0.3) is 0 Å². The molecule has 0 aliphatic carbocycles. The molecule has 0 aromatic carbocycles. The summed E-state index contributed by atoms with van der Waals surface area (Å²) in [7, 11) is 0. The van der Waals surface area contributed by atoms with Crippen molar-refractivity contribution in [3.8, 4) is 0 Å². The van der Waals surface area contributed by atoms with E-state index >= 15 is 0 Å². The molecule has 0 saturated carbocycles. The summed E-state index contributed by atoms with van der Waals surface area (Å²) in [5, 5.41) is 86.9. The van der Waals surface area contributed by atoms with Crippen molar-refractivity contribution < 1.29 is 64.6 Å². The number of allylic oxidation sites excluding steroid dienone is 4. The van der Waals surface area contributed by atoms with Crippen molar-refractivity contribution in [3.05, 3.63) is 24.3 Å². The summed E-state index contributed by atoms with van der Waals surface area (Å²) < 4.78 is 22.7. The van der Waals surface area contributed by atoms with Crippen LogP contribution in [-0.4, -0.2) is 140 Å². The summed E-state index contributed by atoms with van der Waals surface area (Å²) in [4.78, 5) is 13.2. The lowest BCUT2D eigenvalue weighted by Gasteiger charge is -2.46. The number of aliphatic hydroxyl groups excluding tert-OH is 8. The number of hydrogen-bond acceptors (Lipinski definition) is 13. The third-order valence-corrected chi connectivity index (χ3v) is 13.2. The first-order valence-corrected chi connectivity index (χ1v) is 26.6. The SMILES string of the molecule is CCCCCCC/C=C\C/C=C\CCCCCCCCCCCC(=O)NC(COC1OC(CO)C(OC2OC(CO)C(O)C(O)C2O)C(O)C1O)C(O)CCCCCCCCCCCCC. The first-order chi connectivity index (χ1) is 32.1. The molecule has 0 aromatic heterocycles. The number of amides is 1. The van der Waals surface area contributed by atoms with Crippen molar-refractivity contribution in [2.45, 2.75) is 280 Å². The summed E-state index contributed by atoms with van der Waals surface area (Å²) in [6, 6.07) is -0.827. The van der Waals surface area contributed by atoms with Crippen molar-refractivity contribution in [3.63, 3.8) is 0 Å². The topological polar surface area (TPSA) is 228 Å². The van der Waals surface area contributed by atoms with E-state index in [4.69, 9.17) is 18.9 Å². The Bertz CT molecular complexity index is 1210. The van der Waals surface area contributed by atoms with Gasteiger partial charge in [0.1, 0.15) is 48.8 Å². The Morgan fingerprint density at radius 3 is 1.52 bits per heavy atom. The molecule has 2 heterocycles. The summed E-state index contributed by atoms with van der Waals surface area (Å²) >= 11 is 0. The number of ether oxygens (including phenoxy) is 4. The highest BCUT2D eigenvalue weighted by atomic mass is 16.7. The molecule has 388 valence electrons. The largest absolute Gasteiger partial charge is 0.394 e. The molecule has 2 fully saturated rings. The Labute approximate surface area is 398 Å². The van der Waals surface area contributed by atoms with E-state index < -0.39 is 86.8 Å². The van der Waals surface area contributed by atoms with Gasteiger partial charge in [0.05, 0.1) is 32.0 Å². The number of carbonyl (C=O) groups is 1. The molecule has 0 aromatic rings. The number of carbonyl (C=O) groups excluding carboxylic acids is 1. The molecule has 14 heteroatoms. The average molecular weight is 944 g/mol. The Morgan fingerprint density at radius 1 is 0.545 bits per heavy atom. The lowest BCUT2D eigenvalue weighted by atomic mass is 9.97. The maximum absolute atomic E-state index is 13.2. The number of nitrogens with one attached hydrogen (secondary N) is 1. The van der Waals surface area contributed by atoms with E-state index in [0.29, 0.717) is 12.8 Å². The van der Waals surface area contributed by atoms with Gasteiger partial charge < -0.3 is 65.1 Å². The van der Waals surface area contributed by atoms with Crippen LogP contribution in [0.1, 0.15) is 206 Å². The Morgan fingerprint density at radius 2 is 1.00 bits per heavy atom. The van der Waals surface area contributed by atoms with Crippen LogP contribution in [0.3, 0.4) is 0 Å². The highest BCUT2D eigenvalue weighted by Gasteiger charge is 2.51. The van der Waals surface area contributed by atoms with Crippen LogP contribution in [0.2, 0.25) is 0 Å². The first kappa shape index (κ1) is 60.6. The third-order valence-electron chi connectivity index (χ3n) is 13.2. The van der Waals surface area contributed by atoms with Gasteiger partial charge in [-0.25, -0.2) is 0 Å². The molecule has 2 aliphatic rings. The molecule has 0 radical (unpaired) electrons. The Balaban J connectivity index is 1.77. The molecule has 9 N–H and O–H groups in total. The molecule has 14 nitrogen and oxygen atoms in total. The number of hydrogen-bond donors (Lipinski definition) is 9. The van der Waals surface area contributed by atoms with Crippen LogP contribution >= 0.6 is 0 Å². The van der Waals surface area contributed by atoms with Crippen LogP contribution in [0, 0.1) is 0 Å². The fourth-order valence-corrected chi connectivity index (χ4v) is 8.80. The van der Waals surface area contributed by atoms with Gasteiger partial charge in [0, 0.05) is 6.42 Å². The highest BCUT2D eigenvalue weighted by molar-refractivity contribution is 5.76. The van der Waals surface area contributed by atoms with Gasteiger partial charge in [-0.05, 0) is 44.9 Å². The quantitative estimate of drug-likeness (QED) is 0.0216. The summed E-state index contributed by atoms with van der Waals surface area (Å²) in [5.41, 5.74) is 0. The predicted molar refractivity (Wildman–Crippen MR) is 258 cm³/mol. The zero-order valence-electron chi connectivity index (χ0n) is 41.2. The van der Waals surface area contributed by atoms with Crippen molar-refractivity contribution in [1.82, 2.24) is 5.32 Å². The van der Waals surface area contributed by atoms with Gasteiger partial charge in [0.2, 0.25) is 5.91 Å². The monoisotopic (exact) mass is 944 g/mol. The second kappa shape index (κ2) is 39.2. The zero-order valence-corrected chi connectivity index (χ0v) is 41.2. The van der Waals surface area contributed by atoms with E-state index in [1.165, 1.54) is 116 Å². The smallest absolute Gasteiger partial charge is 0.220 e. The van der Waals surface area contributed by atoms with Crippen molar-refractivity contribution >= 4 is 5.91 Å². The summed E-state index contributed by atoms with van der Waals surface area (Å²) in [6.45, 7) is 2.83. The Kier molecular flexibility index (Phi) is 36.0. The van der Waals surface area contributed by atoms with E-state index in [0.717, 1.165) is 64.2 Å². The minimum atomic E-state index is -1.78. The lowest BCUT2D eigenvalue weighted by molar-refractivity contribution is -0.359. The maximum Gasteiger partial charge on any atom is 0.220 e. The number of rotatable bonds is 41. The molecule has 0 bridgehead atoms. The van der Waals surface area contributed by atoms with Gasteiger partial charge in [-0.2, -0.15) is 0 Å². The molecular formula is C52H97NO13. The normalized spacial score (nSPS) is 26.9. The van der Waals surface area contributed by atoms with Crippen LogP contribution in [-0.2, 0) is 23.7 Å². The maximum atomic E-state index is 13.2. The van der Waals surface area contributed by atoms with E-state index in [-0.39, 0.29) is 12.5 Å². The van der Waals surface area contributed by atoms with Gasteiger partial charge in [-0.15, -0.1) is 0 Å². The van der Waals surface area contributed by atoms with Crippen LogP contribution in [0.5, 0.6) is 0 Å². The first-order valence-electron chi connectivity index (χ1n) is 26.6. The average Bonchev–Trinajstić information content (AvgIpc) is 3.31. The summed E-state index contributed by atoms with van der Waals surface area (Å²) in [6.07, 6.45) is 26.1. The van der Waals surface area contributed by atoms with E-state index in [1.54, 1.807) is 0 Å². The lowest BCUT2D eigenvalue weighted by Crippen LogP contribution is -2.65. The molecule has 1 amide bonds. The standard InChI is InChI=1S/C52H97NO13/c1-3-5-7-9-11-13-15-16-17-18-19-20-21-22-23-24-26-28-30-32-34-36-44(57)53-40(41(56)35-33-31-29-27-25-14-12-10-8-6-4-2)39-63-51-49(62)47(60)50(43(38-55)65-51)66-52-48(61)46(59)45(58)42(37-54)64-52/h15-16,18-19,40-43,45-52,54-56,58-62H,3-14,17,20-39H2,1-2H3,(H,53,57)/b16-15-,19-18-. The number of aliphatic hydroxyl groups is 8. The van der Waals surface area contributed by atoms with Crippen molar-refractivity contribution in [2.24, 2.45) is 0 Å². The minimum Gasteiger partial charge on any atom is -0.394 e. The van der Waals surface area contributed by atoms with Crippen LogP contribution < -0.4 is 5.32 Å². The van der Waals surface area contributed by atoms with E-state index in [9.17, 15) is 45.6 Å². The van der Waals surface area contributed by atoms with Crippen LogP contribution in [0.25, 0.3) is 0 Å². The van der Waals surface area contributed by atoms with E-state index in [2.05, 4.69) is 43.5 Å². The van der Waals surface area contributed by atoms with Crippen molar-refractivity contribution in [2.75, 3.05) is 19.8 Å². The third kappa shape index (κ3) is 25.9. The fraction of sp³-hybridized carbons (Fsp3) is 0.904. The zero-order chi connectivity index (χ0) is 48.2. The number of unbranched alkanes of at least 4 members (excludes halogenated alkanes) is 24. The van der Waals surface area contributed by atoms with Crippen molar-refractivity contribution in [1.29, 1.82) is 0 Å². The fourth-order valence-electron chi connectivity index (χ4n) is 8.80. The molecule has 12 unspecified atom stereocenters. The van der Waals surface area contributed by atoms with Gasteiger partial charge in [0.15, 0.2) is 12.6 Å². The predicted octanol–water partition coefficient (Wildman–Crippen LogP) is 7.33.